The summed E-state index contributed by atoms with van der Waals surface area (Å²) in [5.41, 5.74) is 0.147. The summed E-state index contributed by atoms with van der Waals surface area (Å²) in [6.07, 6.45) is -1.48. The van der Waals surface area contributed by atoms with Gasteiger partial charge in [-0.2, -0.15) is 9.97 Å². The van der Waals surface area contributed by atoms with Crippen LogP contribution in [-0.4, -0.2) is 60.3 Å². The van der Waals surface area contributed by atoms with E-state index >= 15 is 0 Å². The van der Waals surface area contributed by atoms with Crippen LogP contribution in [0.15, 0.2) is 52.5 Å². The average molecular weight is 557 g/mol. The zero-order valence-corrected chi connectivity index (χ0v) is 21.9. The number of hydrogen-bond acceptors (Lipinski definition) is 8. The van der Waals surface area contributed by atoms with E-state index in [1.807, 2.05) is 0 Å². The van der Waals surface area contributed by atoms with Gasteiger partial charge >= 0.3 is 5.16 Å². The predicted molar refractivity (Wildman–Crippen MR) is 134 cm³/mol. The highest BCUT2D eigenvalue weighted by Gasteiger charge is 2.22. The van der Waals surface area contributed by atoms with E-state index in [-0.39, 0.29) is 40.9 Å². The molecule has 0 fully saturated rings. The summed E-state index contributed by atoms with van der Waals surface area (Å²) in [6, 6.07) is 8.95. The number of ether oxygens (including phenoxy) is 2. The maximum Gasteiger partial charge on any atom is 0.343 e. The molecule has 2 aromatic heterocycles. The van der Waals surface area contributed by atoms with E-state index in [9.17, 15) is 26.5 Å². The van der Waals surface area contributed by atoms with Crippen LogP contribution in [0.25, 0.3) is 11.3 Å². The van der Waals surface area contributed by atoms with Gasteiger partial charge in [0, 0.05) is 35.4 Å². The van der Waals surface area contributed by atoms with Gasteiger partial charge in [-0.25, -0.2) is 21.9 Å². The summed E-state index contributed by atoms with van der Waals surface area (Å²) in [6.45, 7) is 0.151. The Morgan fingerprint density at radius 3 is 2.49 bits per heavy atom. The van der Waals surface area contributed by atoms with Gasteiger partial charge in [-0.1, -0.05) is 6.07 Å². The molecule has 0 aliphatic carbocycles. The Kier molecular flexibility index (Phi) is 9.59. The summed E-state index contributed by atoms with van der Waals surface area (Å²) in [5, 5.41) is -0.340. The summed E-state index contributed by atoms with van der Waals surface area (Å²) in [4.78, 5) is 20.4. The Morgan fingerprint density at radius 1 is 1.11 bits per heavy atom. The lowest BCUT2D eigenvalue weighted by Crippen LogP contribution is -2.24. The lowest BCUT2D eigenvalue weighted by molar-refractivity contribution is 0.145. The Labute approximate surface area is 215 Å². The Morgan fingerprint density at radius 2 is 1.84 bits per heavy atom. The number of nitrogens with one attached hydrogen (secondary N) is 1. The standard InChI is InChI=1S/C23H26F2N4O6S2/c1-26-37(32,33)10-4-9-36(31)23-27-17(12-18(28-23)22(24)25)16-6-8-21(30)29(14-16)13-15-5-7-19(34-2)20(11-15)35-3/h5-8,11-12,14,22,26H,4,9-10,13H2,1-3H3. The number of hydrogen-bond donors (Lipinski definition) is 1. The molecule has 1 N–H and O–H groups in total. The minimum absolute atomic E-state index is 0.0174. The van der Waals surface area contributed by atoms with E-state index < -0.39 is 33.3 Å². The van der Waals surface area contributed by atoms with Crippen molar-refractivity contribution in [2.45, 2.75) is 24.5 Å². The molecule has 3 rings (SSSR count). The summed E-state index contributed by atoms with van der Waals surface area (Å²) in [5.74, 6) is 0.594. The number of aromatic nitrogens is 3. The van der Waals surface area contributed by atoms with Gasteiger partial charge in [0.15, 0.2) is 11.5 Å². The van der Waals surface area contributed by atoms with Gasteiger partial charge in [-0.05, 0) is 36.9 Å². The first kappa shape index (κ1) is 28.5. The van der Waals surface area contributed by atoms with Gasteiger partial charge in [-0.15, -0.1) is 0 Å². The average Bonchev–Trinajstić information content (AvgIpc) is 2.89. The van der Waals surface area contributed by atoms with Crippen molar-refractivity contribution in [1.29, 1.82) is 0 Å². The number of halogens is 2. The Bertz CT molecular complexity index is 1400. The van der Waals surface area contributed by atoms with Crippen molar-refractivity contribution >= 4 is 21.2 Å². The van der Waals surface area contributed by atoms with Crippen LogP contribution in [0.5, 0.6) is 11.5 Å². The van der Waals surface area contributed by atoms with E-state index in [0.29, 0.717) is 17.1 Å². The van der Waals surface area contributed by atoms with Gasteiger partial charge in [0.2, 0.25) is 10.0 Å². The number of nitrogens with zero attached hydrogens (tertiary/aromatic N) is 3. The SMILES string of the molecule is CNS(=O)(=O)CCC[S+]([O-])c1nc(-c2ccc(=O)n(Cc3ccc(OC)c(OC)c3)c2)cc(C(F)F)n1. The molecule has 1 atom stereocenters. The molecule has 0 saturated heterocycles. The van der Waals surface area contributed by atoms with E-state index in [4.69, 9.17) is 9.47 Å². The monoisotopic (exact) mass is 556 g/mol. The van der Waals surface area contributed by atoms with E-state index in [1.54, 1.807) is 18.2 Å². The van der Waals surface area contributed by atoms with Gasteiger partial charge < -0.3 is 18.6 Å². The molecule has 37 heavy (non-hydrogen) atoms. The number of alkyl halides is 2. The summed E-state index contributed by atoms with van der Waals surface area (Å²) >= 11 is -1.92. The van der Waals surface area contributed by atoms with Crippen LogP contribution in [0.4, 0.5) is 8.78 Å². The van der Waals surface area contributed by atoms with Gasteiger partial charge in [-0.3, -0.25) is 4.79 Å². The number of rotatable bonds is 12. The molecule has 0 spiro atoms. The zero-order valence-electron chi connectivity index (χ0n) is 20.3. The van der Waals surface area contributed by atoms with Crippen LogP contribution < -0.4 is 19.8 Å². The minimum atomic E-state index is -3.51. The predicted octanol–water partition coefficient (Wildman–Crippen LogP) is 2.36. The van der Waals surface area contributed by atoms with Gasteiger partial charge in [0.25, 0.3) is 12.0 Å². The lowest BCUT2D eigenvalue weighted by Gasteiger charge is -2.13. The van der Waals surface area contributed by atoms with Gasteiger partial charge in [0.1, 0.15) is 11.4 Å². The fourth-order valence-electron chi connectivity index (χ4n) is 3.36. The highest BCUT2D eigenvalue weighted by Crippen LogP contribution is 2.28. The van der Waals surface area contributed by atoms with Crippen molar-refractivity contribution in [3.63, 3.8) is 0 Å². The van der Waals surface area contributed by atoms with Crippen molar-refractivity contribution in [3.05, 3.63) is 64.2 Å². The van der Waals surface area contributed by atoms with Crippen molar-refractivity contribution < 1.29 is 31.2 Å². The summed E-state index contributed by atoms with van der Waals surface area (Å²) < 4.78 is 77.0. The first-order chi connectivity index (χ1) is 17.6. The molecule has 14 heteroatoms. The first-order valence-corrected chi connectivity index (χ1v) is 13.9. The number of methoxy groups -OCH3 is 2. The van der Waals surface area contributed by atoms with Crippen molar-refractivity contribution in [2.24, 2.45) is 0 Å². The molecule has 0 amide bonds. The third-order valence-electron chi connectivity index (χ3n) is 5.29. The van der Waals surface area contributed by atoms with E-state index in [0.717, 1.165) is 11.6 Å². The smallest absolute Gasteiger partial charge is 0.343 e. The number of pyridine rings is 1. The van der Waals surface area contributed by atoms with E-state index in [1.165, 1.54) is 44.2 Å². The molecule has 0 aliphatic rings. The normalized spacial score (nSPS) is 12.5. The van der Waals surface area contributed by atoms with Gasteiger partial charge in [0.05, 0.1) is 32.2 Å². The molecule has 1 aromatic carbocycles. The Balaban J connectivity index is 1.92. The van der Waals surface area contributed by atoms with Crippen LogP contribution >= 0.6 is 0 Å². The molecular formula is C23H26F2N4O6S2. The topological polar surface area (TPSA) is 135 Å². The van der Waals surface area contributed by atoms with Crippen LogP contribution in [0, 0.1) is 0 Å². The third-order valence-corrected chi connectivity index (χ3v) is 7.98. The van der Waals surface area contributed by atoms with Crippen molar-refractivity contribution in [2.75, 3.05) is 32.8 Å². The number of sulfonamides is 1. The van der Waals surface area contributed by atoms with Crippen LogP contribution in [0.1, 0.15) is 24.1 Å². The summed E-state index contributed by atoms with van der Waals surface area (Å²) in [7, 11) is 0.754. The second-order valence-electron chi connectivity index (χ2n) is 7.76. The second kappa shape index (κ2) is 12.4. The molecular weight excluding hydrogens is 530 g/mol. The molecule has 0 saturated carbocycles. The lowest BCUT2D eigenvalue weighted by atomic mass is 10.1. The minimum Gasteiger partial charge on any atom is -0.609 e. The molecule has 0 aliphatic heterocycles. The molecule has 2 heterocycles. The highest BCUT2D eigenvalue weighted by molar-refractivity contribution is 7.91. The largest absolute Gasteiger partial charge is 0.609 e. The van der Waals surface area contributed by atoms with E-state index in [2.05, 4.69) is 14.7 Å². The molecule has 1 unspecified atom stereocenters. The third kappa shape index (κ3) is 7.47. The quantitative estimate of drug-likeness (QED) is 0.265. The van der Waals surface area contributed by atoms with Crippen LogP contribution in [0.3, 0.4) is 0 Å². The second-order valence-corrected chi connectivity index (χ2v) is 11.3. The maximum atomic E-state index is 13.6. The molecule has 0 bridgehead atoms. The Hall–Kier alpha value is -3.07. The highest BCUT2D eigenvalue weighted by atomic mass is 32.2. The molecule has 200 valence electrons. The van der Waals surface area contributed by atoms with Crippen LogP contribution in [-0.2, 0) is 27.7 Å². The van der Waals surface area contributed by atoms with Crippen molar-refractivity contribution in [3.8, 4) is 22.8 Å². The first-order valence-electron chi connectivity index (χ1n) is 11.0. The zero-order chi connectivity index (χ0) is 27.2. The van der Waals surface area contributed by atoms with Crippen molar-refractivity contribution in [1.82, 2.24) is 19.3 Å². The maximum absolute atomic E-state index is 13.6. The molecule has 0 radical (unpaired) electrons. The number of benzene rings is 1. The fourth-order valence-corrected chi connectivity index (χ4v) is 5.27. The fraction of sp³-hybridized carbons (Fsp3) is 0.348. The molecule has 10 nitrogen and oxygen atoms in total. The molecule has 3 aromatic rings. The van der Waals surface area contributed by atoms with Crippen LogP contribution in [0.2, 0.25) is 0 Å².